The summed E-state index contributed by atoms with van der Waals surface area (Å²) in [5.74, 6) is -1.49. The molecule has 0 saturated heterocycles. The fourth-order valence-electron chi connectivity index (χ4n) is 1.10. The molecule has 1 unspecified atom stereocenters. The maximum absolute atomic E-state index is 11.3. The number of carboxylic acids is 1. The van der Waals surface area contributed by atoms with Crippen LogP contribution in [0.1, 0.15) is 52.4 Å². The zero-order valence-corrected chi connectivity index (χ0v) is 10.2. The van der Waals surface area contributed by atoms with Crippen LogP contribution in [0.3, 0.4) is 0 Å². The predicted octanol–water partition coefficient (Wildman–Crippen LogP) is 1.63. The third kappa shape index (κ3) is 2.28. The van der Waals surface area contributed by atoms with E-state index in [9.17, 15) is 9.59 Å². The molecule has 5 nitrogen and oxygen atoms in total. The molecule has 0 aliphatic heterocycles. The lowest BCUT2D eigenvalue weighted by Crippen LogP contribution is -2.31. The van der Waals surface area contributed by atoms with Crippen molar-refractivity contribution in [3.05, 3.63) is 15.6 Å². The Hall–Kier alpha value is -1.27. The van der Waals surface area contributed by atoms with E-state index in [4.69, 9.17) is 10.8 Å². The van der Waals surface area contributed by atoms with Gasteiger partial charge in [0.1, 0.15) is 9.88 Å². The number of ketones is 1. The Morgan fingerprint density at radius 2 is 2.12 bits per heavy atom. The van der Waals surface area contributed by atoms with Crippen LogP contribution in [0.2, 0.25) is 0 Å². The Morgan fingerprint density at radius 1 is 1.56 bits per heavy atom. The topological polar surface area (TPSA) is 93.3 Å². The molecule has 1 aromatic rings. The second-order valence-corrected chi connectivity index (χ2v) is 4.83. The summed E-state index contributed by atoms with van der Waals surface area (Å²) in [6.07, 6.45) is 0.622. The number of Topliss-reactive ketones (excluding diaryl/α,β-unsaturated/α-hetero) is 1. The molecule has 6 heteroatoms. The van der Waals surface area contributed by atoms with Gasteiger partial charge in [-0.3, -0.25) is 4.79 Å². The van der Waals surface area contributed by atoms with Crippen LogP contribution in [0.15, 0.2) is 0 Å². The normalized spacial score (nSPS) is 14.5. The van der Waals surface area contributed by atoms with Crippen molar-refractivity contribution in [1.29, 1.82) is 0 Å². The smallest absolute Gasteiger partial charge is 0.356 e. The van der Waals surface area contributed by atoms with Crippen molar-refractivity contribution >= 4 is 23.1 Å². The average Bonchev–Trinajstić information content (AvgIpc) is 2.62. The van der Waals surface area contributed by atoms with Gasteiger partial charge in [-0.25, -0.2) is 9.78 Å². The number of nitrogens with zero attached hydrogens (tertiary/aromatic N) is 1. The first-order valence-corrected chi connectivity index (χ1v) is 5.65. The number of carbonyl (C=O) groups excluding carboxylic acids is 1. The highest BCUT2D eigenvalue weighted by molar-refractivity contribution is 7.14. The lowest BCUT2D eigenvalue weighted by atomic mass is 10.0. The van der Waals surface area contributed by atoms with Crippen molar-refractivity contribution in [2.75, 3.05) is 0 Å². The van der Waals surface area contributed by atoms with Crippen molar-refractivity contribution < 1.29 is 14.7 Å². The molecule has 0 aliphatic carbocycles. The molecule has 0 aliphatic rings. The Morgan fingerprint density at radius 3 is 2.44 bits per heavy atom. The minimum atomic E-state index is -1.19. The van der Waals surface area contributed by atoms with Crippen LogP contribution in [-0.2, 0) is 5.54 Å². The van der Waals surface area contributed by atoms with Crippen molar-refractivity contribution in [2.24, 2.45) is 5.73 Å². The predicted molar refractivity (Wildman–Crippen MR) is 60.9 cm³/mol. The first-order chi connectivity index (χ1) is 7.29. The minimum Gasteiger partial charge on any atom is -0.476 e. The SMILES string of the molecule is CCC(C)(N)c1nc(C(=O)O)c(C(C)=O)s1. The molecule has 0 saturated carbocycles. The van der Waals surface area contributed by atoms with Crippen LogP contribution in [0.5, 0.6) is 0 Å². The molecule has 0 amide bonds. The van der Waals surface area contributed by atoms with Crippen LogP contribution in [0, 0.1) is 0 Å². The Bertz CT molecular complexity index is 406. The standard InChI is InChI=1S/C10H14N2O3S/c1-4-10(3,11)9-12-6(8(14)15)7(16-9)5(2)13/h4,11H2,1-3H3,(H,14,15). The number of aromatic carboxylic acids is 1. The second-order valence-electron chi connectivity index (χ2n) is 3.83. The summed E-state index contributed by atoms with van der Waals surface area (Å²) in [5.41, 5.74) is 5.07. The monoisotopic (exact) mass is 242 g/mol. The molecule has 3 N–H and O–H groups in total. The van der Waals surface area contributed by atoms with E-state index in [1.54, 1.807) is 6.92 Å². The summed E-state index contributed by atoms with van der Waals surface area (Å²) in [4.78, 5) is 26.3. The number of carbonyl (C=O) groups is 2. The highest BCUT2D eigenvalue weighted by Gasteiger charge is 2.28. The van der Waals surface area contributed by atoms with Gasteiger partial charge in [-0.05, 0) is 13.3 Å². The molecule has 0 bridgehead atoms. The first kappa shape index (κ1) is 12.8. The first-order valence-electron chi connectivity index (χ1n) is 4.84. The third-order valence-electron chi connectivity index (χ3n) is 2.37. The number of hydrogen-bond acceptors (Lipinski definition) is 5. The molecule has 0 radical (unpaired) electrons. The van der Waals surface area contributed by atoms with Crippen molar-refractivity contribution in [1.82, 2.24) is 4.98 Å². The summed E-state index contributed by atoms with van der Waals surface area (Å²) >= 11 is 1.06. The Labute approximate surface area is 97.3 Å². The fourth-order valence-corrected chi connectivity index (χ4v) is 2.18. The van der Waals surface area contributed by atoms with Crippen molar-refractivity contribution in [3.63, 3.8) is 0 Å². The highest BCUT2D eigenvalue weighted by Crippen LogP contribution is 2.29. The fraction of sp³-hybridized carbons (Fsp3) is 0.500. The number of nitrogens with two attached hydrogens (primary N) is 1. The lowest BCUT2D eigenvalue weighted by molar-refractivity contribution is 0.0686. The van der Waals surface area contributed by atoms with Gasteiger partial charge in [0.15, 0.2) is 11.5 Å². The lowest BCUT2D eigenvalue weighted by Gasteiger charge is -2.18. The third-order valence-corrected chi connectivity index (χ3v) is 3.81. The van der Waals surface area contributed by atoms with E-state index in [2.05, 4.69) is 4.98 Å². The summed E-state index contributed by atoms with van der Waals surface area (Å²) in [6.45, 7) is 4.97. The number of aromatic nitrogens is 1. The minimum absolute atomic E-state index is 0.160. The van der Waals surface area contributed by atoms with Crippen LogP contribution >= 0.6 is 11.3 Å². The zero-order chi connectivity index (χ0) is 12.5. The van der Waals surface area contributed by atoms with E-state index >= 15 is 0 Å². The zero-order valence-electron chi connectivity index (χ0n) is 9.40. The summed E-state index contributed by atoms with van der Waals surface area (Å²) in [7, 11) is 0. The maximum atomic E-state index is 11.3. The summed E-state index contributed by atoms with van der Waals surface area (Å²) in [5, 5.41) is 9.40. The van der Waals surface area contributed by atoms with Crippen LogP contribution in [-0.4, -0.2) is 21.8 Å². The molecule has 1 atom stereocenters. The molecule has 88 valence electrons. The largest absolute Gasteiger partial charge is 0.476 e. The number of thiazole rings is 1. The molecule has 0 spiro atoms. The van der Waals surface area contributed by atoms with Crippen molar-refractivity contribution in [2.45, 2.75) is 32.7 Å². The molecular weight excluding hydrogens is 228 g/mol. The van der Waals surface area contributed by atoms with Crippen molar-refractivity contribution in [3.8, 4) is 0 Å². The van der Waals surface area contributed by atoms with Gasteiger partial charge in [-0.1, -0.05) is 6.92 Å². The summed E-state index contributed by atoms with van der Waals surface area (Å²) in [6, 6.07) is 0. The molecule has 1 aromatic heterocycles. The summed E-state index contributed by atoms with van der Waals surface area (Å²) < 4.78 is 0. The quantitative estimate of drug-likeness (QED) is 0.783. The van der Waals surface area contributed by atoms with Gasteiger partial charge in [0.2, 0.25) is 0 Å². The maximum Gasteiger partial charge on any atom is 0.356 e. The van der Waals surface area contributed by atoms with E-state index in [1.807, 2.05) is 6.92 Å². The molecule has 1 heterocycles. The van der Waals surface area contributed by atoms with Gasteiger partial charge in [-0.15, -0.1) is 11.3 Å². The molecule has 0 aromatic carbocycles. The van der Waals surface area contributed by atoms with E-state index in [-0.39, 0.29) is 16.4 Å². The number of hydrogen-bond donors (Lipinski definition) is 2. The van der Waals surface area contributed by atoms with E-state index < -0.39 is 11.5 Å². The Kier molecular flexibility index (Phi) is 3.44. The van der Waals surface area contributed by atoms with Gasteiger partial charge in [0.05, 0.1) is 5.54 Å². The van der Waals surface area contributed by atoms with E-state index in [0.29, 0.717) is 11.4 Å². The highest BCUT2D eigenvalue weighted by atomic mass is 32.1. The molecular formula is C10H14N2O3S. The van der Waals surface area contributed by atoms with E-state index in [1.165, 1.54) is 6.92 Å². The van der Waals surface area contributed by atoms with Crippen LogP contribution in [0.25, 0.3) is 0 Å². The van der Waals surface area contributed by atoms with Crippen LogP contribution in [0.4, 0.5) is 0 Å². The Balaban J connectivity index is 3.32. The van der Waals surface area contributed by atoms with Gasteiger partial charge in [-0.2, -0.15) is 0 Å². The molecule has 16 heavy (non-hydrogen) atoms. The van der Waals surface area contributed by atoms with Gasteiger partial charge < -0.3 is 10.8 Å². The average molecular weight is 242 g/mol. The van der Waals surface area contributed by atoms with Gasteiger partial charge in [0.25, 0.3) is 0 Å². The number of rotatable bonds is 4. The number of carboxylic acid groups (broad SMARTS) is 1. The van der Waals surface area contributed by atoms with Gasteiger partial charge >= 0.3 is 5.97 Å². The second kappa shape index (κ2) is 4.31. The van der Waals surface area contributed by atoms with E-state index in [0.717, 1.165) is 11.3 Å². The molecule has 1 rings (SSSR count). The molecule has 0 fully saturated rings. The van der Waals surface area contributed by atoms with Gasteiger partial charge in [0, 0.05) is 6.92 Å². The van der Waals surface area contributed by atoms with Crippen LogP contribution < -0.4 is 5.73 Å².